The summed E-state index contributed by atoms with van der Waals surface area (Å²) in [4.78, 5) is 23.2. The van der Waals surface area contributed by atoms with Crippen molar-refractivity contribution in [1.82, 2.24) is 10.6 Å². The number of amides is 2. The van der Waals surface area contributed by atoms with Crippen molar-refractivity contribution in [3.63, 3.8) is 0 Å². The summed E-state index contributed by atoms with van der Waals surface area (Å²) in [5.41, 5.74) is -0.944. The largest absolute Gasteiger partial charge is 0.480 e. The van der Waals surface area contributed by atoms with Gasteiger partial charge in [-0.2, -0.15) is 0 Å². The van der Waals surface area contributed by atoms with Crippen LogP contribution in [-0.2, 0) is 4.79 Å². The monoisotopic (exact) mass is 270 g/mol. The summed E-state index contributed by atoms with van der Waals surface area (Å²) in [6.45, 7) is 8.97. The fourth-order valence-electron chi connectivity index (χ4n) is 2.18. The van der Waals surface area contributed by atoms with Crippen molar-refractivity contribution < 1.29 is 14.7 Å². The molecule has 0 bridgehead atoms. The predicted molar refractivity (Wildman–Crippen MR) is 74.0 cm³/mol. The third kappa shape index (κ3) is 4.11. The summed E-state index contributed by atoms with van der Waals surface area (Å²) in [5, 5.41) is 14.7. The Morgan fingerprint density at radius 3 is 2.21 bits per heavy atom. The number of carbonyl (C=O) groups excluding carboxylic acids is 1. The zero-order valence-corrected chi connectivity index (χ0v) is 12.4. The van der Waals surface area contributed by atoms with E-state index in [1.54, 1.807) is 0 Å². The van der Waals surface area contributed by atoms with Gasteiger partial charge in [-0.05, 0) is 24.2 Å². The highest BCUT2D eigenvalue weighted by molar-refractivity contribution is 5.86. The second-order valence-electron chi connectivity index (χ2n) is 6.70. The maximum absolute atomic E-state index is 11.9. The molecular formula is C14H26N2O3. The molecule has 2 amide bonds. The highest BCUT2D eigenvalue weighted by Crippen LogP contribution is 2.30. The van der Waals surface area contributed by atoms with E-state index in [0.717, 1.165) is 12.8 Å². The van der Waals surface area contributed by atoms with Gasteiger partial charge >= 0.3 is 12.0 Å². The lowest BCUT2D eigenvalue weighted by molar-refractivity contribution is -0.144. The van der Waals surface area contributed by atoms with E-state index < -0.39 is 11.5 Å². The maximum Gasteiger partial charge on any atom is 0.329 e. The molecule has 110 valence electrons. The smallest absolute Gasteiger partial charge is 0.329 e. The van der Waals surface area contributed by atoms with Gasteiger partial charge in [-0.1, -0.05) is 40.5 Å². The standard InChI is InChI=1S/C14H26N2O3/c1-10(13(2,3)4)9-15-12(19)16-14(11(17)18)7-5-6-8-14/h10H,5-9H2,1-4H3,(H,17,18)(H2,15,16,19). The highest BCUT2D eigenvalue weighted by Gasteiger charge is 2.42. The molecule has 5 nitrogen and oxygen atoms in total. The molecule has 0 aliphatic heterocycles. The molecule has 0 heterocycles. The average molecular weight is 270 g/mol. The van der Waals surface area contributed by atoms with Gasteiger partial charge < -0.3 is 15.7 Å². The van der Waals surface area contributed by atoms with Crippen molar-refractivity contribution >= 4 is 12.0 Å². The molecule has 0 aromatic rings. The summed E-state index contributed by atoms with van der Waals surface area (Å²) in [5.74, 6) is -0.605. The van der Waals surface area contributed by atoms with Crippen LogP contribution >= 0.6 is 0 Å². The van der Waals surface area contributed by atoms with Gasteiger partial charge in [-0.3, -0.25) is 0 Å². The second-order valence-corrected chi connectivity index (χ2v) is 6.70. The van der Waals surface area contributed by atoms with E-state index in [2.05, 4.69) is 38.3 Å². The average Bonchev–Trinajstić information content (AvgIpc) is 2.74. The highest BCUT2D eigenvalue weighted by atomic mass is 16.4. The Bertz CT molecular complexity index is 341. The predicted octanol–water partition coefficient (Wildman–Crippen LogP) is 2.37. The van der Waals surface area contributed by atoms with Crippen LogP contribution in [0.25, 0.3) is 0 Å². The third-order valence-electron chi connectivity index (χ3n) is 4.27. The molecule has 1 saturated carbocycles. The Morgan fingerprint density at radius 1 is 1.26 bits per heavy atom. The van der Waals surface area contributed by atoms with Gasteiger partial charge in [0.05, 0.1) is 0 Å². The minimum atomic E-state index is -1.06. The fraction of sp³-hybridized carbons (Fsp3) is 0.857. The third-order valence-corrected chi connectivity index (χ3v) is 4.27. The van der Waals surface area contributed by atoms with Gasteiger partial charge in [0.25, 0.3) is 0 Å². The van der Waals surface area contributed by atoms with E-state index >= 15 is 0 Å². The van der Waals surface area contributed by atoms with Crippen LogP contribution in [0, 0.1) is 11.3 Å². The van der Waals surface area contributed by atoms with Crippen LogP contribution in [0.5, 0.6) is 0 Å². The van der Waals surface area contributed by atoms with Gasteiger partial charge in [0.2, 0.25) is 0 Å². The van der Waals surface area contributed by atoms with Crippen molar-refractivity contribution in [1.29, 1.82) is 0 Å². The number of aliphatic carboxylic acids is 1. The van der Waals surface area contributed by atoms with E-state index in [9.17, 15) is 14.7 Å². The van der Waals surface area contributed by atoms with Gasteiger partial charge in [-0.25, -0.2) is 9.59 Å². The lowest BCUT2D eigenvalue weighted by atomic mass is 9.82. The van der Waals surface area contributed by atoms with Crippen LogP contribution in [0.4, 0.5) is 4.79 Å². The fourth-order valence-corrected chi connectivity index (χ4v) is 2.18. The molecule has 1 aliphatic carbocycles. The van der Waals surface area contributed by atoms with Crippen LogP contribution < -0.4 is 10.6 Å². The molecule has 0 aromatic heterocycles. The first-order valence-electron chi connectivity index (χ1n) is 6.97. The van der Waals surface area contributed by atoms with E-state index in [1.807, 2.05) is 0 Å². The number of carbonyl (C=O) groups is 2. The SMILES string of the molecule is CC(CNC(=O)NC1(C(=O)O)CCCC1)C(C)(C)C. The number of urea groups is 1. The number of hydrogen-bond acceptors (Lipinski definition) is 2. The molecular weight excluding hydrogens is 244 g/mol. The van der Waals surface area contributed by atoms with Gasteiger partial charge in [-0.15, -0.1) is 0 Å². The Hall–Kier alpha value is -1.26. The summed E-state index contributed by atoms with van der Waals surface area (Å²) < 4.78 is 0. The van der Waals surface area contributed by atoms with Crippen LogP contribution in [-0.4, -0.2) is 29.2 Å². The number of nitrogens with one attached hydrogen (secondary N) is 2. The first kappa shape index (κ1) is 15.8. The minimum Gasteiger partial charge on any atom is -0.480 e. The number of hydrogen-bond donors (Lipinski definition) is 3. The molecule has 0 aromatic carbocycles. The van der Waals surface area contributed by atoms with E-state index in [-0.39, 0.29) is 11.4 Å². The molecule has 19 heavy (non-hydrogen) atoms. The van der Waals surface area contributed by atoms with Crippen molar-refractivity contribution in [3.05, 3.63) is 0 Å². The Labute approximate surface area is 115 Å². The minimum absolute atomic E-state index is 0.116. The van der Waals surface area contributed by atoms with Crippen molar-refractivity contribution in [3.8, 4) is 0 Å². The zero-order chi connectivity index (χ0) is 14.7. The first-order valence-corrected chi connectivity index (χ1v) is 6.97. The van der Waals surface area contributed by atoms with Crippen LogP contribution in [0.2, 0.25) is 0 Å². The van der Waals surface area contributed by atoms with Crippen molar-refractivity contribution in [2.24, 2.45) is 11.3 Å². The topological polar surface area (TPSA) is 78.4 Å². The second kappa shape index (κ2) is 5.80. The zero-order valence-electron chi connectivity index (χ0n) is 12.4. The molecule has 0 radical (unpaired) electrons. The van der Waals surface area contributed by atoms with Crippen LogP contribution in [0.1, 0.15) is 53.4 Å². The van der Waals surface area contributed by atoms with Crippen LogP contribution in [0.3, 0.4) is 0 Å². The molecule has 1 atom stereocenters. The first-order chi connectivity index (χ1) is 8.67. The Balaban J connectivity index is 2.49. The van der Waals surface area contributed by atoms with E-state index in [1.165, 1.54) is 0 Å². The van der Waals surface area contributed by atoms with Gasteiger partial charge in [0.1, 0.15) is 5.54 Å². The molecule has 5 heteroatoms. The van der Waals surface area contributed by atoms with Crippen molar-refractivity contribution in [2.75, 3.05) is 6.54 Å². The molecule has 0 saturated heterocycles. The van der Waals surface area contributed by atoms with Gasteiger partial charge in [0.15, 0.2) is 0 Å². The number of carboxylic acids is 1. The molecule has 1 unspecified atom stereocenters. The van der Waals surface area contributed by atoms with Gasteiger partial charge in [0, 0.05) is 6.54 Å². The number of carboxylic acid groups (broad SMARTS) is 1. The summed E-state index contributed by atoms with van der Waals surface area (Å²) in [6.07, 6.45) is 2.74. The number of rotatable bonds is 4. The molecule has 1 rings (SSSR count). The van der Waals surface area contributed by atoms with E-state index in [0.29, 0.717) is 25.3 Å². The quantitative estimate of drug-likeness (QED) is 0.733. The molecule has 3 N–H and O–H groups in total. The normalized spacial score (nSPS) is 19.8. The van der Waals surface area contributed by atoms with Crippen molar-refractivity contribution in [2.45, 2.75) is 58.9 Å². The van der Waals surface area contributed by atoms with E-state index in [4.69, 9.17) is 0 Å². The lowest BCUT2D eigenvalue weighted by Gasteiger charge is -2.29. The summed E-state index contributed by atoms with van der Waals surface area (Å²) in [7, 11) is 0. The Morgan fingerprint density at radius 2 is 1.79 bits per heavy atom. The lowest BCUT2D eigenvalue weighted by Crippen LogP contribution is -2.56. The molecule has 1 aliphatic rings. The van der Waals surface area contributed by atoms with Crippen LogP contribution in [0.15, 0.2) is 0 Å². The maximum atomic E-state index is 11.9. The summed E-state index contributed by atoms with van der Waals surface area (Å²) in [6, 6.07) is -0.375. The molecule has 0 spiro atoms. The molecule has 1 fully saturated rings. The Kier molecular flexibility index (Phi) is 4.82. The summed E-state index contributed by atoms with van der Waals surface area (Å²) >= 11 is 0.